The summed E-state index contributed by atoms with van der Waals surface area (Å²) in [6, 6.07) is -6.64. The summed E-state index contributed by atoms with van der Waals surface area (Å²) in [5, 5.41) is 25.2. The highest BCUT2D eigenvalue weighted by Gasteiger charge is 2.41. The van der Waals surface area contributed by atoms with Crippen LogP contribution in [-0.2, 0) is 54.4 Å². The van der Waals surface area contributed by atoms with E-state index in [2.05, 4.69) is 36.9 Å². The molecule has 12 amide bonds. The highest BCUT2D eigenvalue weighted by molar-refractivity contribution is 8.76. The normalized spacial score (nSPS) is 23.6. The molecule has 3 rings (SSSR count). The second kappa shape index (κ2) is 28.8. The van der Waals surface area contributed by atoms with Gasteiger partial charge < -0.3 is 76.3 Å². The van der Waals surface area contributed by atoms with E-state index in [9.17, 15) is 57.8 Å². The van der Waals surface area contributed by atoms with Gasteiger partial charge in [-0.15, -0.1) is 0 Å². The van der Waals surface area contributed by atoms with Crippen LogP contribution in [0.5, 0.6) is 5.75 Å². The van der Waals surface area contributed by atoms with Crippen molar-refractivity contribution in [3.8, 4) is 5.75 Å². The zero-order chi connectivity index (χ0) is 53.8. The number of carbonyl (C=O) groups excluding carboxylic acids is 11. The van der Waals surface area contributed by atoms with Crippen molar-refractivity contribution in [2.24, 2.45) is 45.3 Å². The molecule has 0 aromatic heterocycles. The van der Waals surface area contributed by atoms with Crippen molar-refractivity contribution in [3.05, 3.63) is 29.8 Å². The summed E-state index contributed by atoms with van der Waals surface area (Å²) in [5.74, 6) is -10.3. The monoisotopic (exact) mass is 1050 g/mol. The van der Waals surface area contributed by atoms with E-state index < -0.39 is 139 Å². The van der Waals surface area contributed by atoms with Crippen molar-refractivity contribution in [1.29, 1.82) is 0 Å². The standard InChI is InChI=1S/C43H67N15O12S2/c1-4-21(2)33-39(67)51-25(13-14-31(45)60)35(63)54-28(18-32(46)61)36(64)55-29(20-72-71-19-24(44)34(62)53-27(37(65)56-33)17-22-9-11-23(59)12-10-22)41(69)58-16-6-8-30(58)38(66)52-26(7-5-15-50-42(47)48)40(68)57(3)43(49)70/h9-12,21,24-30,33,59H,4-8,13-20,44H2,1-3H3,(H2,45,60)(H2,46,61)(H2,49,70)(H,51,67)(H,52,66)(H,53,62)(H,54,63)(H,55,64)(H,56,65)(H4,47,48,50). The smallest absolute Gasteiger partial charge is 0.321 e. The fraction of sp³-hybridized carbons (Fsp3) is 0.581. The number of aliphatic imine (C=N–C) groups is 1. The number of nitrogens with zero attached hydrogens (tertiary/aromatic N) is 3. The minimum Gasteiger partial charge on any atom is -0.508 e. The summed E-state index contributed by atoms with van der Waals surface area (Å²) < 4.78 is 0. The second-order valence-corrected chi connectivity index (χ2v) is 19.8. The number of phenolic OH excluding ortho intramolecular Hbond substituents is 1. The Morgan fingerprint density at radius 3 is 2.06 bits per heavy atom. The number of primary amides is 3. The van der Waals surface area contributed by atoms with Gasteiger partial charge in [-0.25, -0.2) is 4.79 Å². The highest BCUT2D eigenvalue weighted by atomic mass is 33.1. The van der Waals surface area contributed by atoms with Gasteiger partial charge in [0.2, 0.25) is 53.2 Å². The maximum Gasteiger partial charge on any atom is 0.321 e. The van der Waals surface area contributed by atoms with E-state index in [1.807, 2.05) is 0 Å². The van der Waals surface area contributed by atoms with Gasteiger partial charge in [0, 0.05) is 44.5 Å². The van der Waals surface area contributed by atoms with Gasteiger partial charge >= 0.3 is 6.03 Å². The predicted octanol–water partition coefficient (Wildman–Crippen LogP) is -4.67. The lowest BCUT2D eigenvalue weighted by molar-refractivity contribution is -0.142. The van der Waals surface area contributed by atoms with Gasteiger partial charge in [0.25, 0.3) is 5.91 Å². The van der Waals surface area contributed by atoms with Crippen LogP contribution in [0.15, 0.2) is 29.3 Å². The summed E-state index contributed by atoms with van der Waals surface area (Å²) in [7, 11) is 3.11. The summed E-state index contributed by atoms with van der Waals surface area (Å²) >= 11 is 0. The molecule has 2 aliphatic heterocycles. The van der Waals surface area contributed by atoms with Gasteiger partial charge in [-0.3, -0.25) is 57.8 Å². The van der Waals surface area contributed by atoms with Crippen molar-refractivity contribution in [1.82, 2.24) is 41.7 Å². The van der Waals surface area contributed by atoms with Crippen LogP contribution < -0.4 is 66.3 Å². The van der Waals surface area contributed by atoms with Crippen LogP contribution in [0.2, 0.25) is 0 Å². The molecule has 0 spiro atoms. The molecule has 9 unspecified atom stereocenters. The third-order valence-electron chi connectivity index (χ3n) is 11.7. The number of urea groups is 1. The van der Waals surface area contributed by atoms with Crippen LogP contribution in [0.25, 0.3) is 0 Å². The van der Waals surface area contributed by atoms with Crippen LogP contribution in [0.4, 0.5) is 4.79 Å². The van der Waals surface area contributed by atoms with Gasteiger partial charge in [0.05, 0.1) is 12.5 Å². The topological polar surface area (TPSA) is 455 Å². The molecular weight excluding hydrogens is 983 g/mol. The first-order valence-electron chi connectivity index (χ1n) is 23.0. The number of nitrogens with two attached hydrogens (primary N) is 6. The fourth-order valence-corrected chi connectivity index (χ4v) is 9.72. The number of hydrogen-bond acceptors (Lipinski definition) is 16. The maximum absolute atomic E-state index is 14.6. The highest BCUT2D eigenvalue weighted by Crippen LogP contribution is 2.26. The predicted molar refractivity (Wildman–Crippen MR) is 265 cm³/mol. The molecule has 2 fully saturated rings. The van der Waals surface area contributed by atoms with Gasteiger partial charge in [-0.2, -0.15) is 0 Å². The van der Waals surface area contributed by atoms with Crippen molar-refractivity contribution < 1.29 is 57.8 Å². The SMILES string of the molecule is CCC(C)C1NC(=O)C(Cc2ccc(O)cc2)NC(=O)C(N)CSSCC(C(=O)N2CCCC2C(=O)NC(CCCN=C(N)N)C(=O)N(C)C(N)=O)NC(=O)C(CC(N)=O)NC(=O)C(CCC(N)=O)NC1=O. The second-order valence-electron chi connectivity index (χ2n) is 17.3. The fourth-order valence-electron chi connectivity index (χ4n) is 7.45. The van der Waals surface area contributed by atoms with Crippen LogP contribution in [-0.4, -0.2) is 166 Å². The van der Waals surface area contributed by atoms with Crippen LogP contribution in [0.1, 0.15) is 70.8 Å². The molecule has 29 heteroatoms. The molecule has 2 heterocycles. The van der Waals surface area contributed by atoms with E-state index in [0.29, 0.717) is 23.3 Å². The Morgan fingerprint density at radius 1 is 0.833 bits per heavy atom. The zero-order valence-corrected chi connectivity index (χ0v) is 41.9. The Bertz CT molecular complexity index is 2180. The number of likely N-dealkylation sites (tertiary alicyclic amines) is 1. The van der Waals surface area contributed by atoms with E-state index in [1.165, 1.54) is 29.2 Å². The minimum absolute atomic E-state index is 0.00430. The number of aromatic hydroxyl groups is 1. The number of hydrogen-bond donors (Lipinski definition) is 13. The molecule has 0 bridgehead atoms. The Labute approximate surface area is 423 Å². The van der Waals surface area contributed by atoms with Gasteiger partial charge in [0.15, 0.2) is 5.96 Å². The van der Waals surface area contributed by atoms with E-state index >= 15 is 0 Å². The molecule has 1 aromatic carbocycles. The van der Waals surface area contributed by atoms with E-state index in [-0.39, 0.29) is 62.0 Å². The molecule has 2 saturated heterocycles. The molecular formula is C43H67N15O12S2. The van der Waals surface area contributed by atoms with Gasteiger partial charge in [0.1, 0.15) is 48.0 Å². The molecule has 0 radical (unpaired) electrons. The zero-order valence-electron chi connectivity index (χ0n) is 40.3. The Kier molecular flexibility index (Phi) is 23.8. The molecule has 0 aliphatic carbocycles. The lowest BCUT2D eigenvalue weighted by Gasteiger charge is -2.31. The number of rotatable bonds is 17. The number of phenols is 1. The Balaban J connectivity index is 2.06. The number of amides is 12. The van der Waals surface area contributed by atoms with E-state index in [4.69, 9.17) is 34.4 Å². The number of nitrogens with one attached hydrogen (secondary N) is 6. The first kappa shape index (κ1) is 59.4. The van der Waals surface area contributed by atoms with Crippen molar-refractivity contribution >= 4 is 92.7 Å². The number of benzene rings is 1. The lowest BCUT2D eigenvalue weighted by atomic mass is 9.96. The molecule has 1 aromatic rings. The molecule has 2 aliphatic rings. The Hall–Kier alpha value is -6.88. The first-order chi connectivity index (χ1) is 33.9. The third kappa shape index (κ3) is 18.7. The van der Waals surface area contributed by atoms with E-state index in [1.54, 1.807) is 13.8 Å². The average molecular weight is 1050 g/mol. The number of carbonyl (C=O) groups is 11. The summed E-state index contributed by atoms with van der Waals surface area (Å²) in [5.41, 5.74) is 33.9. The quantitative estimate of drug-likeness (QED) is 0.0302. The molecule has 0 saturated carbocycles. The first-order valence-corrected chi connectivity index (χ1v) is 25.5. The molecule has 398 valence electrons. The van der Waals surface area contributed by atoms with Crippen LogP contribution in [0, 0.1) is 5.92 Å². The maximum atomic E-state index is 14.6. The van der Waals surface area contributed by atoms with Crippen molar-refractivity contribution in [3.63, 3.8) is 0 Å². The molecule has 9 atom stereocenters. The van der Waals surface area contributed by atoms with E-state index in [0.717, 1.165) is 28.6 Å². The molecule has 27 nitrogen and oxygen atoms in total. The van der Waals surface area contributed by atoms with Crippen molar-refractivity contribution in [2.75, 3.05) is 31.6 Å². The summed E-state index contributed by atoms with van der Waals surface area (Å²) in [6.07, 6.45) is -0.937. The summed E-state index contributed by atoms with van der Waals surface area (Å²) in [4.78, 5) is 154. The lowest BCUT2D eigenvalue weighted by Crippen LogP contribution is -2.61. The molecule has 19 N–H and O–H groups in total. The minimum atomic E-state index is -1.78. The Morgan fingerprint density at radius 2 is 1.44 bits per heavy atom. The third-order valence-corrected chi connectivity index (χ3v) is 14.2. The van der Waals surface area contributed by atoms with Crippen molar-refractivity contribution in [2.45, 2.75) is 120 Å². The van der Waals surface area contributed by atoms with Gasteiger partial charge in [-0.05, 0) is 55.7 Å². The number of imide groups is 1. The average Bonchev–Trinajstić information content (AvgIpc) is 3.82. The van der Waals surface area contributed by atoms with Crippen LogP contribution in [0.3, 0.4) is 0 Å². The van der Waals surface area contributed by atoms with Gasteiger partial charge in [-0.1, -0.05) is 54.0 Å². The molecule has 72 heavy (non-hydrogen) atoms. The largest absolute Gasteiger partial charge is 0.508 e. The number of likely N-dealkylation sites (N-methyl/N-ethyl adjacent to an activating group) is 1. The summed E-state index contributed by atoms with van der Waals surface area (Å²) in [6.45, 7) is 3.44. The number of guanidine groups is 1. The van der Waals surface area contributed by atoms with Crippen LogP contribution >= 0.6 is 21.6 Å².